The maximum Gasteiger partial charge on any atom is 0.272 e. The Morgan fingerprint density at radius 1 is 1.33 bits per heavy atom. The molecule has 1 fully saturated rings. The number of nitrogens with zero attached hydrogens (tertiary/aromatic N) is 3. The molecule has 0 aromatic carbocycles. The fourth-order valence-electron chi connectivity index (χ4n) is 2.90. The zero-order chi connectivity index (χ0) is 15.2. The lowest BCUT2D eigenvalue weighted by molar-refractivity contribution is 0.253. The van der Waals surface area contributed by atoms with E-state index < -0.39 is 10.0 Å². The summed E-state index contributed by atoms with van der Waals surface area (Å²) in [5.74, 6) is 0. The van der Waals surface area contributed by atoms with Gasteiger partial charge in [0.05, 0.1) is 18.0 Å². The van der Waals surface area contributed by atoms with Gasteiger partial charge < -0.3 is 0 Å². The minimum absolute atomic E-state index is 0.220. The van der Waals surface area contributed by atoms with Gasteiger partial charge in [0.15, 0.2) is 5.65 Å². The van der Waals surface area contributed by atoms with Crippen molar-refractivity contribution in [2.45, 2.75) is 32.2 Å². The van der Waals surface area contributed by atoms with E-state index >= 15 is 0 Å². The molecule has 3 rings (SSSR count). The maximum atomic E-state index is 12.1. The van der Waals surface area contributed by atoms with Crippen molar-refractivity contribution in [3.8, 4) is 0 Å². The van der Waals surface area contributed by atoms with E-state index in [1.807, 2.05) is 6.92 Å². The molecule has 0 radical (unpaired) electrons. The van der Waals surface area contributed by atoms with Crippen molar-refractivity contribution in [3.63, 3.8) is 0 Å². The lowest BCUT2D eigenvalue weighted by atomic mass is 10.0. The monoisotopic (exact) mass is 310 g/mol. The molecule has 8 heteroatoms. The number of piperidine rings is 1. The van der Waals surface area contributed by atoms with Gasteiger partial charge in [-0.1, -0.05) is 6.42 Å². The van der Waals surface area contributed by atoms with Gasteiger partial charge in [0, 0.05) is 24.4 Å². The Morgan fingerprint density at radius 3 is 2.81 bits per heavy atom. The van der Waals surface area contributed by atoms with E-state index in [0.29, 0.717) is 24.3 Å². The van der Waals surface area contributed by atoms with Crippen molar-refractivity contribution < 1.29 is 8.42 Å². The molecule has 3 heterocycles. The third-order valence-electron chi connectivity index (χ3n) is 3.82. The topological polar surface area (TPSA) is 87.5 Å². The highest BCUT2D eigenvalue weighted by atomic mass is 32.2. The van der Waals surface area contributed by atoms with Crippen LogP contribution in [0.5, 0.6) is 0 Å². The molecule has 21 heavy (non-hydrogen) atoms. The summed E-state index contributed by atoms with van der Waals surface area (Å²) in [6, 6.07) is 2.86. The first-order valence-corrected chi connectivity index (χ1v) is 8.77. The van der Waals surface area contributed by atoms with Crippen molar-refractivity contribution >= 4 is 15.7 Å². The third-order valence-corrected chi connectivity index (χ3v) is 5.11. The molecule has 1 aliphatic heterocycles. The Hall–Kier alpha value is -1.67. The van der Waals surface area contributed by atoms with E-state index in [1.165, 1.54) is 21.1 Å². The zero-order valence-electron chi connectivity index (χ0n) is 12.0. The molecule has 1 N–H and O–H groups in total. The number of nitrogens with one attached hydrogen (secondary N) is 1. The molecule has 0 spiro atoms. The number of aromatic amines is 1. The quantitative estimate of drug-likeness (QED) is 0.889. The first-order chi connectivity index (χ1) is 9.86. The van der Waals surface area contributed by atoms with Crippen molar-refractivity contribution in [3.05, 3.63) is 33.9 Å². The summed E-state index contributed by atoms with van der Waals surface area (Å²) in [6.45, 7) is 2.33. The number of hydrogen-bond acceptors (Lipinski definition) is 4. The Bertz CT molecular complexity index is 837. The van der Waals surface area contributed by atoms with Crippen LogP contribution in [0.15, 0.2) is 16.9 Å². The number of H-pyrrole nitrogens is 1. The summed E-state index contributed by atoms with van der Waals surface area (Å²) in [5, 5.41) is 2.91. The van der Waals surface area contributed by atoms with Crippen molar-refractivity contribution in [1.82, 2.24) is 18.9 Å². The van der Waals surface area contributed by atoms with Gasteiger partial charge in [-0.05, 0) is 19.8 Å². The van der Waals surface area contributed by atoms with E-state index in [0.717, 1.165) is 18.5 Å². The SMILES string of the molecule is Cc1cc2nc(C3CCCCN3S(C)(=O)=O)cc(=O)n2[nH]1. The summed E-state index contributed by atoms with van der Waals surface area (Å²) in [6.07, 6.45) is 3.67. The summed E-state index contributed by atoms with van der Waals surface area (Å²) in [4.78, 5) is 16.6. The van der Waals surface area contributed by atoms with Gasteiger partial charge in [0.25, 0.3) is 5.56 Å². The second-order valence-corrected chi connectivity index (χ2v) is 7.47. The van der Waals surface area contributed by atoms with Crippen molar-refractivity contribution in [2.24, 2.45) is 0 Å². The highest BCUT2D eigenvalue weighted by Crippen LogP contribution is 2.31. The normalized spacial score (nSPS) is 21.0. The molecular formula is C13H18N4O3S. The molecule has 2 aromatic heterocycles. The second-order valence-electron chi connectivity index (χ2n) is 5.54. The van der Waals surface area contributed by atoms with E-state index in [-0.39, 0.29) is 11.6 Å². The van der Waals surface area contributed by atoms with Crippen molar-refractivity contribution in [2.75, 3.05) is 12.8 Å². The summed E-state index contributed by atoms with van der Waals surface area (Å²) in [5.41, 5.74) is 1.67. The number of aryl methyl sites for hydroxylation is 1. The average Bonchev–Trinajstić information content (AvgIpc) is 2.79. The lowest BCUT2D eigenvalue weighted by Gasteiger charge is -2.33. The Morgan fingerprint density at radius 2 is 2.10 bits per heavy atom. The fraction of sp³-hybridized carbons (Fsp3) is 0.538. The highest BCUT2D eigenvalue weighted by Gasteiger charge is 2.32. The number of sulfonamides is 1. The molecule has 1 aliphatic rings. The van der Waals surface area contributed by atoms with Crippen LogP contribution in [0.3, 0.4) is 0 Å². The molecule has 0 amide bonds. The molecule has 0 aliphatic carbocycles. The van der Waals surface area contributed by atoms with E-state index in [1.54, 1.807) is 6.07 Å². The molecule has 1 saturated heterocycles. The van der Waals surface area contributed by atoms with Crippen molar-refractivity contribution in [1.29, 1.82) is 0 Å². The van der Waals surface area contributed by atoms with Gasteiger partial charge in [-0.25, -0.2) is 17.9 Å². The predicted molar refractivity (Wildman–Crippen MR) is 78.7 cm³/mol. The van der Waals surface area contributed by atoms with Gasteiger partial charge in [-0.15, -0.1) is 0 Å². The second kappa shape index (κ2) is 4.96. The summed E-state index contributed by atoms with van der Waals surface area (Å²) < 4.78 is 26.7. The molecule has 2 aromatic rings. The van der Waals surface area contributed by atoms with Crippen LogP contribution < -0.4 is 5.56 Å². The molecule has 114 valence electrons. The van der Waals surface area contributed by atoms with Gasteiger partial charge in [0.2, 0.25) is 10.0 Å². The van der Waals surface area contributed by atoms with Crippen LogP contribution in [-0.2, 0) is 10.0 Å². The van der Waals surface area contributed by atoms with Crippen LogP contribution in [0.1, 0.15) is 36.7 Å². The minimum Gasteiger partial charge on any atom is -0.294 e. The van der Waals surface area contributed by atoms with Gasteiger partial charge in [-0.2, -0.15) is 4.31 Å². The van der Waals surface area contributed by atoms with E-state index in [4.69, 9.17) is 0 Å². The third kappa shape index (κ3) is 2.60. The summed E-state index contributed by atoms with van der Waals surface area (Å²) >= 11 is 0. The number of hydrogen-bond donors (Lipinski definition) is 1. The van der Waals surface area contributed by atoms with Gasteiger partial charge >= 0.3 is 0 Å². The van der Waals surface area contributed by atoms with Gasteiger partial charge in [-0.3, -0.25) is 9.89 Å². The Labute approximate surface area is 122 Å². The smallest absolute Gasteiger partial charge is 0.272 e. The summed E-state index contributed by atoms with van der Waals surface area (Å²) in [7, 11) is -3.31. The zero-order valence-corrected chi connectivity index (χ0v) is 12.9. The standard InChI is InChI=1S/C13H18N4O3S/c1-9-7-12-14-10(8-13(18)17(12)15-9)11-5-3-4-6-16(11)21(2,19)20/h7-8,11,15H,3-6H2,1-2H3. The van der Waals surface area contributed by atoms with Crippen LogP contribution in [0.25, 0.3) is 5.65 Å². The van der Waals surface area contributed by atoms with E-state index in [9.17, 15) is 13.2 Å². The molecule has 0 saturated carbocycles. The average molecular weight is 310 g/mol. The minimum atomic E-state index is -3.31. The highest BCUT2D eigenvalue weighted by molar-refractivity contribution is 7.88. The number of aromatic nitrogens is 3. The van der Waals surface area contributed by atoms with Crippen LogP contribution in [-0.4, -0.2) is 40.1 Å². The molecule has 1 atom stereocenters. The van der Waals surface area contributed by atoms with Crippen LogP contribution >= 0.6 is 0 Å². The predicted octanol–water partition coefficient (Wildman–Crippen LogP) is 0.818. The largest absolute Gasteiger partial charge is 0.294 e. The fourth-order valence-corrected chi connectivity index (χ4v) is 4.03. The van der Waals surface area contributed by atoms with E-state index in [2.05, 4.69) is 10.1 Å². The maximum absolute atomic E-state index is 12.1. The Balaban J connectivity index is 2.11. The van der Waals surface area contributed by atoms with Crippen LogP contribution in [0.2, 0.25) is 0 Å². The number of fused-ring (bicyclic) bond motifs is 1. The number of rotatable bonds is 2. The van der Waals surface area contributed by atoms with Crippen LogP contribution in [0.4, 0.5) is 0 Å². The Kier molecular flexibility index (Phi) is 3.37. The lowest BCUT2D eigenvalue weighted by Crippen LogP contribution is -2.38. The van der Waals surface area contributed by atoms with Gasteiger partial charge in [0.1, 0.15) is 0 Å². The molecule has 7 nitrogen and oxygen atoms in total. The molecule has 1 unspecified atom stereocenters. The molecule has 0 bridgehead atoms. The first kappa shape index (κ1) is 14.3. The molecular weight excluding hydrogens is 292 g/mol. The van der Waals surface area contributed by atoms with Crippen LogP contribution in [0, 0.1) is 6.92 Å². The first-order valence-electron chi connectivity index (χ1n) is 6.92.